The van der Waals surface area contributed by atoms with Gasteiger partial charge in [0.2, 0.25) is 10.5 Å². The molecule has 1 rings (SSSR count). The Balaban J connectivity index is 3.36. The number of hydrogen-bond acceptors (Lipinski definition) is 1. The number of rotatable bonds is 2. The molecule has 0 amide bonds. The summed E-state index contributed by atoms with van der Waals surface area (Å²) in [5.74, 6) is 1.00. The second kappa shape index (κ2) is 4.01. The average Bonchev–Trinajstić information content (AvgIpc) is 2.15. The third kappa shape index (κ3) is 2.07. The summed E-state index contributed by atoms with van der Waals surface area (Å²) in [5, 5.41) is 0. The Labute approximate surface area is 89.3 Å². The van der Waals surface area contributed by atoms with Crippen LogP contribution < -0.4 is 4.43 Å². The smallest absolute Gasteiger partial charge is 0.204 e. The van der Waals surface area contributed by atoms with Gasteiger partial charge in [0.25, 0.3) is 0 Å². The highest BCUT2D eigenvalue weighted by atomic mass is 28.2. The van der Waals surface area contributed by atoms with Crippen molar-refractivity contribution in [1.29, 1.82) is 0 Å². The highest BCUT2D eigenvalue weighted by Crippen LogP contribution is 2.34. The van der Waals surface area contributed by atoms with E-state index in [0.29, 0.717) is 10.5 Å². The standard InChI is InChI=1S/C12H18OSi/c1-5-9-7-6-8-10(11(9)13-14)12(2,3)4/h5-8H,1H2,2-4,14H3. The maximum atomic E-state index is 5.56. The highest BCUT2D eigenvalue weighted by Gasteiger charge is 2.19. The van der Waals surface area contributed by atoms with Gasteiger partial charge in [-0.15, -0.1) is 0 Å². The molecule has 14 heavy (non-hydrogen) atoms. The molecule has 0 saturated heterocycles. The van der Waals surface area contributed by atoms with Crippen molar-refractivity contribution in [2.24, 2.45) is 0 Å². The van der Waals surface area contributed by atoms with Gasteiger partial charge in [0.05, 0.1) is 0 Å². The van der Waals surface area contributed by atoms with Crippen LogP contribution in [0.25, 0.3) is 6.08 Å². The van der Waals surface area contributed by atoms with E-state index in [-0.39, 0.29) is 5.41 Å². The van der Waals surface area contributed by atoms with E-state index in [2.05, 4.69) is 39.5 Å². The minimum Gasteiger partial charge on any atom is -0.553 e. The second-order valence-electron chi connectivity index (χ2n) is 4.38. The summed E-state index contributed by atoms with van der Waals surface area (Å²) in [6, 6.07) is 6.22. The lowest BCUT2D eigenvalue weighted by atomic mass is 9.85. The molecule has 0 aliphatic carbocycles. The molecule has 0 fully saturated rings. The molecule has 0 atom stereocenters. The van der Waals surface area contributed by atoms with Crippen LogP contribution in [0.4, 0.5) is 0 Å². The molecule has 0 N–H and O–H groups in total. The third-order valence-electron chi connectivity index (χ3n) is 2.28. The fraction of sp³-hybridized carbons (Fsp3) is 0.333. The predicted molar refractivity (Wildman–Crippen MR) is 65.8 cm³/mol. The van der Waals surface area contributed by atoms with Crippen LogP contribution in [0.2, 0.25) is 0 Å². The summed E-state index contributed by atoms with van der Waals surface area (Å²) < 4.78 is 5.56. The Morgan fingerprint density at radius 3 is 2.43 bits per heavy atom. The average molecular weight is 206 g/mol. The zero-order valence-electron chi connectivity index (χ0n) is 9.42. The van der Waals surface area contributed by atoms with E-state index >= 15 is 0 Å². The minimum absolute atomic E-state index is 0.124. The van der Waals surface area contributed by atoms with Gasteiger partial charge in [0.15, 0.2) is 0 Å². The van der Waals surface area contributed by atoms with Crippen LogP contribution in [-0.2, 0) is 5.41 Å². The van der Waals surface area contributed by atoms with E-state index in [1.165, 1.54) is 5.56 Å². The fourth-order valence-corrected chi connectivity index (χ4v) is 1.99. The van der Waals surface area contributed by atoms with Crippen LogP contribution in [0.3, 0.4) is 0 Å². The van der Waals surface area contributed by atoms with Crippen LogP contribution in [0, 0.1) is 0 Å². The summed E-state index contributed by atoms with van der Waals surface area (Å²) in [7, 11) is 0.714. The van der Waals surface area contributed by atoms with Gasteiger partial charge in [0, 0.05) is 5.56 Å². The van der Waals surface area contributed by atoms with Crippen molar-refractivity contribution in [2.45, 2.75) is 26.2 Å². The van der Waals surface area contributed by atoms with Gasteiger partial charge in [0.1, 0.15) is 5.75 Å². The lowest BCUT2D eigenvalue weighted by Gasteiger charge is -2.23. The summed E-state index contributed by atoms with van der Waals surface area (Å²) in [4.78, 5) is 0. The Morgan fingerprint density at radius 2 is 2.00 bits per heavy atom. The molecule has 1 nitrogen and oxygen atoms in total. The Hall–Kier alpha value is -1.02. The van der Waals surface area contributed by atoms with E-state index in [0.717, 1.165) is 11.3 Å². The van der Waals surface area contributed by atoms with Crippen molar-refractivity contribution in [3.63, 3.8) is 0 Å². The number of para-hydroxylation sites is 1. The molecule has 0 aliphatic rings. The zero-order chi connectivity index (χ0) is 10.8. The minimum atomic E-state index is 0.124. The SMILES string of the molecule is C=Cc1cccc(C(C)(C)C)c1O[SiH3]. The summed E-state index contributed by atoms with van der Waals surface area (Å²) >= 11 is 0. The van der Waals surface area contributed by atoms with Crippen molar-refractivity contribution < 1.29 is 4.43 Å². The predicted octanol–water partition coefficient (Wildman–Crippen LogP) is 2.29. The van der Waals surface area contributed by atoms with E-state index in [9.17, 15) is 0 Å². The molecule has 0 radical (unpaired) electrons. The zero-order valence-corrected chi connectivity index (χ0v) is 11.4. The molecule has 0 spiro atoms. The van der Waals surface area contributed by atoms with Crippen molar-refractivity contribution in [2.75, 3.05) is 0 Å². The molecule has 0 unspecified atom stereocenters. The topological polar surface area (TPSA) is 9.23 Å². The maximum absolute atomic E-state index is 5.56. The van der Waals surface area contributed by atoms with E-state index in [1.807, 2.05) is 12.1 Å². The van der Waals surface area contributed by atoms with Gasteiger partial charge < -0.3 is 4.43 Å². The molecular weight excluding hydrogens is 188 g/mol. The Morgan fingerprint density at radius 1 is 1.36 bits per heavy atom. The van der Waals surface area contributed by atoms with Crippen molar-refractivity contribution in [3.8, 4) is 5.75 Å². The number of benzene rings is 1. The van der Waals surface area contributed by atoms with Gasteiger partial charge in [-0.3, -0.25) is 0 Å². The largest absolute Gasteiger partial charge is 0.553 e. The molecule has 76 valence electrons. The highest BCUT2D eigenvalue weighted by molar-refractivity contribution is 6.00. The third-order valence-corrected chi connectivity index (χ3v) is 2.69. The Bertz CT molecular complexity index is 337. The maximum Gasteiger partial charge on any atom is 0.204 e. The fourth-order valence-electron chi connectivity index (χ4n) is 1.53. The molecular formula is C12H18OSi. The first-order valence-electron chi connectivity index (χ1n) is 4.80. The molecule has 0 saturated carbocycles. The molecule has 0 bridgehead atoms. The molecule has 0 aliphatic heterocycles. The normalized spacial score (nSPS) is 11.4. The first-order chi connectivity index (χ1) is 6.50. The molecule has 1 aromatic rings. The molecule has 0 heterocycles. The van der Waals surface area contributed by atoms with Crippen molar-refractivity contribution in [3.05, 3.63) is 35.9 Å². The van der Waals surface area contributed by atoms with Crippen LogP contribution in [0.1, 0.15) is 31.9 Å². The monoisotopic (exact) mass is 206 g/mol. The lowest BCUT2D eigenvalue weighted by molar-refractivity contribution is 0.535. The van der Waals surface area contributed by atoms with Crippen LogP contribution in [0.5, 0.6) is 5.75 Å². The quantitative estimate of drug-likeness (QED) is 0.675. The van der Waals surface area contributed by atoms with Crippen molar-refractivity contribution in [1.82, 2.24) is 0 Å². The van der Waals surface area contributed by atoms with Crippen LogP contribution >= 0.6 is 0 Å². The summed E-state index contributed by atoms with van der Waals surface area (Å²) in [6.45, 7) is 10.4. The molecule has 0 aromatic heterocycles. The van der Waals surface area contributed by atoms with Crippen molar-refractivity contribution >= 4 is 16.6 Å². The van der Waals surface area contributed by atoms with E-state index in [4.69, 9.17) is 4.43 Å². The van der Waals surface area contributed by atoms with Gasteiger partial charge in [-0.05, 0) is 11.0 Å². The van der Waals surface area contributed by atoms with Crippen LogP contribution in [-0.4, -0.2) is 10.5 Å². The lowest BCUT2D eigenvalue weighted by Crippen LogP contribution is -2.13. The molecule has 1 aromatic carbocycles. The van der Waals surface area contributed by atoms with E-state index in [1.54, 1.807) is 0 Å². The molecule has 2 heteroatoms. The summed E-state index contributed by atoms with van der Waals surface area (Å²) in [6.07, 6.45) is 1.85. The second-order valence-corrected chi connectivity index (χ2v) is 4.79. The summed E-state index contributed by atoms with van der Waals surface area (Å²) in [5.41, 5.74) is 2.47. The first kappa shape index (κ1) is 11.1. The van der Waals surface area contributed by atoms with E-state index < -0.39 is 0 Å². The van der Waals surface area contributed by atoms with Gasteiger partial charge >= 0.3 is 0 Å². The number of hydrogen-bond donors (Lipinski definition) is 0. The van der Waals surface area contributed by atoms with Gasteiger partial charge in [-0.25, -0.2) is 0 Å². The first-order valence-corrected chi connectivity index (χ1v) is 5.62. The van der Waals surface area contributed by atoms with Gasteiger partial charge in [-0.2, -0.15) is 0 Å². The van der Waals surface area contributed by atoms with Crippen LogP contribution in [0.15, 0.2) is 24.8 Å². The van der Waals surface area contributed by atoms with Gasteiger partial charge in [-0.1, -0.05) is 51.6 Å². The Kier molecular flexibility index (Phi) is 3.16.